The van der Waals surface area contributed by atoms with E-state index in [0.717, 1.165) is 36.8 Å². The Balaban J connectivity index is 2.11. The number of rotatable bonds is 3. The summed E-state index contributed by atoms with van der Waals surface area (Å²) in [5, 5.41) is 13.0. The van der Waals surface area contributed by atoms with Crippen molar-refractivity contribution in [2.75, 3.05) is 19.7 Å². The number of benzene rings is 1. The van der Waals surface area contributed by atoms with Crippen LogP contribution in [0.2, 0.25) is 0 Å². The second-order valence-electron chi connectivity index (χ2n) is 4.71. The molecule has 0 radical (unpaired) electrons. The van der Waals surface area contributed by atoms with E-state index in [4.69, 9.17) is 0 Å². The lowest BCUT2D eigenvalue weighted by Gasteiger charge is -2.36. The third kappa shape index (κ3) is 2.84. The molecule has 2 N–H and O–H groups in total. The molecular formula is C13H18BrNO. The van der Waals surface area contributed by atoms with Crippen LogP contribution in [0.5, 0.6) is 0 Å². The first-order chi connectivity index (χ1) is 7.74. The molecule has 16 heavy (non-hydrogen) atoms. The van der Waals surface area contributed by atoms with E-state index < -0.39 is 0 Å². The lowest BCUT2D eigenvalue weighted by molar-refractivity contribution is 0.0893. The maximum atomic E-state index is 9.63. The molecule has 0 amide bonds. The van der Waals surface area contributed by atoms with Crippen LogP contribution in [0.15, 0.2) is 28.7 Å². The molecule has 1 aliphatic heterocycles. The van der Waals surface area contributed by atoms with Crippen LogP contribution in [0.4, 0.5) is 0 Å². The molecule has 0 unspecified atom stereocenters. The van der Waals surface area contributed by atoms with E-state index in [2.05, 4.69) is 39.4 Å². The number of hydrogen-bond acceptors (Lipinski definition) is 2. The highest BCUT2D eigenvalue weighted by molar-refractivity contribution is 9.10. The number of halogens is 1. The van der Waals surface area contributed by atoms with Crippen LogP contribution in [-0.4, -0.2) is 24.8 Å². The molecule has 2 rings (SSSR count). The van der Waals surface area contributed by atoms with Gasteiger partial charge in [-0.15, -0.1) is 0 Å². The van der Waals surface area contributed by atoms with Crippen LogP contribution in [0.25, 0.3) is 0 Å². The van der Waals surface area contributed by atoms with E-state index in [1.807, 2.05) is 6.07 Å². The molecule has 0 aliphatic carbocycles. The number of aliphatic hydroxyl groups excluding tert-OH is 1. The summed E-state index contributed by atoms with van der Waals surface area (Å²) in [6.45, 7) is 2.34. The number of nitrogens with one attached hydrogen (secondary N) is 1. The van der Waals surface area contributed by atoms with Gasteiger partial charge >= 0.3 is 0 Å². The summed E-state index contributed by atoms with van der Waals surface area (Å²) in [7, 11) is 0. The molecule has 1 saturated heterocycles. The van der Waals surface area contributed by atoms with Crippen molar-refractivity contribution in [2.45, 2.75) is 19.3 Å². The van der Waals surface area contributed by atoms with Crippen molar-refractivity contribution >= 4 is 15.9 Å². The van der Waals surface area contributed by atoms with Gasteiger partial charge in [0, 0.05) is 11.1 Å². The van der Waals surface area contributed by atoms with Gasteiger partial charge in [-0.2, -0.15) is 0 Å². The van der Waals surface area contributed by atoms with Crippen molar-refractivity contribution in [3.05, 3.63) is 34.3 Å². The fourth-order valence-electron chi connectivity index (χ4n) is 2.43. The number of aliphatic hydroxyl groups is 1. The molecule has 1 fully saturated rings. The molecule has 0 aromatic heterocycles. The average Bonchev–Trinajstić information content (AvgIpc) is 2.30. The van der Waals surface area contributed by atoms with Gasteiger partial charge in [-0.05, 0) is 55.5 Å². The molecule has 0 spiro atoms. The smallest absolute Gasteiger partial charge is 0.0491 e. The Morgan fingerprint density at radius 3 is 2.69 bits per heavy atom. The van der Waals surface area contributed by atoms with E-state index in [0.29, 0.717) is 6.61 Å². The minimum atomic E-state index is 0.0893. The monoisotopic (exact) mass is 283 g/mol. The second kappa shape index (κ2) is 5.30. The van der Waals surface area contributed by atoms with E-state index in [1.165, 1.54) is 5.56 Å². The minimum Gasteiger partial charge on any atom is -0.396 e. The molecule has 2 nitrogen and oxygen atoms in total. The van der Waals surface area contributed by atoms with Crippen LogP contribution >= 0.6 is 15.9 Å². The van der Waals surface area contributed by atoms with Gasteiger partial charge in [-0.3, -0.25) is 0 Å². The van der Waals surface area contributed by atoms with E-state index in [1.54, 1.807) is 0 Å². The topological polar surface area (TPSA) is 32.3 Å². The third-order valence-corrected chi connectivity index (χ3v) is 3.96. The first-order valence-electron chi connectivity index (χ1n) is 5.80. The van der Waals surface area contributed by atoms with Crippen LogP contribution in [0.3, 0.4) is 0 Å². The maximum Gasteiger partial charge on any atom is 0.0491 e. The Hall–Kier alpha value is -0.380. The molecule has 1 aliphatic rings. The highest BCUT2D eigenvalue weighted by Crippen LogP contribution is 2.32. The Bertz CT molecular complexity index is 348. The quantitative estimate of drug-likeness (QED) is 0.893. The van der Waals surface area contributed by atoms with Gasteiger partial charge < -0.3 is 10.4 Å². The first kappa shape index (κ1) is 12.1. The van der Waals surface area contributed by atoms with Crippen LogP contribution in [0, 0.1) is 5.41 Å². The van der Waals surface area contributed by atoms with E-state index in [9.17, 15) is 5.11 Å². The molecule has 1 aromatic rings. The van der Waals surface area contributed by atoms with Crippen molar-refractivity contribution in [2.24, 2.45) is 5.41 Å². The summed E-state index contributed by atoms with van der Waals surface area (Å²) in [6.07, 6.45) is 3.11. The zero-order chi connectivity index (χ0) is 11.4. The highest BCUT2D eigenvalue weighted by Gasteiger charge is 2.31. The Labute approximate surface area is 105 Å². The fourth-order valence-corrected chi connectivity index (χ4v) is 2.87. The van der Waals surface area contributed by atoms with Gasteiger partial charge in [-0.1, -0.05) is 28.1 Å². The van der Waals surface area contributed by atoms with Gasteiger partial charge in [0.05, 0.1) is 0 Å². The molecule has 0 atom stereocenters. The van der Waals surface area contributed by atoms with Gasteiger partial charge in [0.15, 0.2) is 0 Å². The van der Waals surface area contributed by atoms with Gasteiger partial charge in [-0.25, -0.2) is 0 Å². The highest BCUT2D eigenvalue weighted by atomic mass is 79.9. The summed E-state index contributed by atoms with van der Waals surface area (Å²) >= 11 is 3.49. The molecule has 3 heteroatoms. The molecular weight excluding hydrogens is 266 g/mol. The zero-order valence-electron chi connectivity index (χ0n) is 9.38. The van der Waals surface area contributed by atoms with Crippen LogP contribution < -0.4 is 5.32 Å². The first-order valence-corrected chi connectivity index (χ1v) is 6.59. The summed E-state index contributed by atoms with van der Waals surface area (Å²) in [5.74, 6) is 0. The molecule has 0 bridgehead atoms. The lowest BCUT2D eigenvalue weighted by atomic mass is 9.75. The molecule has 0 saturated carbocycles. The third-order valence-electron chi connectivity index (χ3n) is 3.47. The molecule has 88 valence electrons. The zero-order valence-corrected chi connectivity index (χ0v) is 11.0. The molecule has 1 heterocycles. The standard InChI is InChI=1S/C13H18BrNO/c14-12-3-1-2-11(8-12)9-13(10-16)4-6-15-7-5-13/h1-3,8,15-16H,4-7,9-10H2. The molecule has 1 aromatic carbocycles. The summed E-state index contributed by atoms with van der Waals surface area (Å²) in [5.41, 5.74) is 1.40. The summed E-state index contributed by atoms with van der Waals surface area (Å²) in [6, 6.07) is 8.40. The Morgan fingerprint density at radius 1 is 1.31 bits per heavy atom. The van der Waals surface area contributed by atoms with Crippen molar-refractivity contribution in [3.63, 3.8) is 0 Å². The fraction of sp³-hybridized carbons (Fsp3) is 0.538. The van der Waals surface area contributed by atoms with Gasteiger partial charge in [0.25, 0.3) is 0 Å². The van der Waals surface area contributed by atoms with Crippen molar-refractivity contribution in [3.8, 4) is 0 Å². The van der Waals surface area contributed by atoms with Crippen LogP contribution in [0.1, 0.15) is 18.4 Å². The Kier molecular flexibility index (Phi) is 4.00. The van der Waals surface area contributed by atoms with Crippen molar-refractivity contribution < 1.29 is 5.11 Å². The summed E-state index contributed by atoms with van der Waals surface area (Å²) in [4.78, 5) is 0. The predicted octanol–water partition coefficient (Wildman–Crippen LogP) is 2.35. The maximum absolute atomic E-state index is 9.63. The van der Waals surface area contributed by atoms with Gasteiger partial charge in [0.2, 0.25) is 0 Å². The lowest BCUT2D eigenvalue weighted by Crippen LogP contribution is -2.40. The van der Waals surface area contributed by atoms with Gasteiger partial charge in [0.1, 0.15) is 0 Å². The number of piperidine rings is 1. The summed E-state index contributed by atoms with van der Waals surface area (Å²) < 4.78 is 1.12. The van der Waals surface area contributed by atoms with Crippen molar-refractivity contribution in [1.82, 2.24) is 5.32 Å². The Morgan fingerprint density at radius 2 is 2.06 bits per heavy atom. The van der Waals surface area contributed by atoms with Crippen LogP contribution in [-0.2, 0) is 6.42 Å². The predicted molar refractivity (Wildman–Crippen MR) is 69.5 cm³/mol. The second-order valence-corrected chi connectivity index (χ2v) is 5.63. The number of hydrogen-bond donors (Lipinski definition) is 2. The largest absolute Gasteiger partial charge is 0.396 e. The SMILES string of the molecule is OCC1(Cc2cccc(Br)c2)CCNCC1. The normalized spacial score (nSPS) is 19.6. The average molecular weight is 284 g/mol. The van der Waals surface area contributed by atoms with Crippen molar-refractivity contribution in [1.29, 1.82) is 0 Å². The van der Waals surface area contributed by atoms with E-state index >= 15 is 0 Å². The van der Waals surface area contributed by atoms with E-state index in [-0.39, 0.29) is 5.41 Å². The minimum absolute atomic E-state index is 0.0893.